The van der Waals surface area contributed by atoms with Crippen LogP contribution in [0.1, 0.15) is 59.8 Å². The molecule has 5 nitrogen and oxygen atoms in total. The Kier molecular flexibility index (Phi) is 10.3. The highest BCUT2D eigenvalue weighted by atomic mass is 16.5. The summed E-state index contributed by atoms with van der Waals surface area (Å²) in [6, 6.07) is 0. The Hall–Kier alpha value is -0.810. The lowest BCUT2D eigenvalue weighted by Crippen LogP contribution is -2.38. The number of guanidine groups is 1. The number of aliphatic imine (C=N–C) groups is 1. The maximum Gasteiger partial charge on any atom is 0.191 e. The second-order valence-corrected chi connectivity index (χ2v) is 7.42. The van der Waals surface area contributed by atoms with Gasteiger partial charge in [0.15, 0.2) is 5.96 Å². The molecule has 1 atom stereocenters. The van der Waals surface area contributed by atoms with Gasteiger partial charge in [-0.1, -0.05) is 20.8 Å². The highest BCUT2D eigenvalue weighted by Gasteiger charge is 2.14. The van der Waals surface area contributed by atoms with Crippen LogP contribution in [0.15, 0.2) is 4.99 Å². The predicted molar refractivity (Wildman–Crippen MR) is 97.1 cm³/mol. The van der Waals surface area contributed by atoms with E-state index in [2.05, 4.69) is 43.3 Å². The van der Waals surface area contributed by atoms with Crippen molar-refractivity contribution in [2.24, 2.45) is 10.4 Å². The molecule has 136 valence electrons. The van der Waals surface area contributed by atoms with E-state index in [-0.39, 0.29) is 0 Å². The van der Waals surface area contributed by atoms with Crippen molar-refractivity contribution in [3.8, 4) is 0 Å². The van der Waals surface area contributed by atoms with Gasteiger partial charge in [-0.15, -0.1) is 0 Å². The van der Waals surface area contributed by atoms with Gasteiger partial charge in [0.25, 0.3) is 0 Å². The second-order valence-electron chi connectivity index (χ2n) is 7.42. The van der Waals surface area contributed by atoms with Gasteiger partial charge in [0.2, 0.25) is 0 Å². The summed E-state index contributed by atoms with van der Waals surface area (Å²) in [5.74, 6) is 0.917. The monoisotopic (exact) mass is 327 g/mol. The van der Waals surface area contributed by atoms with Gasteiger partial charge in [0, 0.05) is 32.8 Å². The summed E-state index contributed by atoms with van der Waals surface area (Å²) < 4.78 is 11.2. The smallest absolute Gasteiger partial charge is 0.191 e. The topological polar surface area (TPSA) is 54.9 Å². The van der Waals surface area contributed by atoms with Crippen molar-refractivity contribution in [3.63, 3.8) is 0 Å². The van der Waals surface area contributed by atoms with Crippen LogP contribution >= 0.6 is 0 Å². The summed E-state index contributed by atoms with van der Waals surface area (Å²) in [6.07, 6.45) is 5.97. The molecule has 1 saturated heterocycles. The van der Waals surface area contributed by atoms with Crippen LogP contribution in [-0.2, 0) is 9.47 Å². The molecule has 1 aliphatic heterocycles. The van der Waals surface area contributed by atoms with E-state index in [0.717, 1.165) is 58.3 Å². The van der Waals surface area contributed by atoms with Gasteiger partial charge in [-0.25, -0.2) is 0 Å². The van der Waals surface area contributed by atoms with Crippen LogP contribution in [0, 0.1) is 5.41 Å². The van der Waals surface area contributed by atoms with Crippen LogP contribution in [0.5, 0.6) is 0 Å². The third-order valence-electron chi connectivity index (χ3n) is 3.78. The van der Waals surface area contributed by atoms with E-state index in [1.807, 2.05) is 0 Å². The molecule has 1 rings (SSSR count). The average molecular weight is 328 g/mol. The molecular formula is C18H37N3O2. The van der Waals surface area contributed by atoms with E-state index in [4.69, 9.17) is 9.47 Å². The number of ether oxygens (including phenoxy) is 2. The number of hydrogen-bond donors (Lipinski definition) is 2. The predicted octanol–water partition coefficient (Wildman–Crippen LogP) is 2.95. The number of hydrogen-bond acceptors (Lipinski definition) is 3. The third-order valence-corrected chi connectivity index (χ3v) is 3.78. The Morgan fingerprint density at radius 2 is 2.09 bits per heavy atom. The van der Waals surface area contributed by atoms with Crippen LogP contribution in [0.4, 0.5) is 0 Å². The second kappa shape index (κ2) is 11.7. The summed E-state index contributed by atoms with van der Waals surface area (Å²) in [5.41, 5.74) is 0.400. The normalized spacial score (nSPS) is 19.1. The Morgan fingerprint density at radius 3 is 2.74 bits per heavy atom. The fraction of sp³-hybridized carbons (Fsp3) is 0.944. The first-order valence-electron chi connectivity index (χ1n) is 9.23. The molecule has 0 aromatic carbocycles. The maximum atomic E-state index is 5.66. The first kappa shape index (κ1) is 20.2. The minimum atomic E-state index is 0.320. The van der Waals surface area contributed by atoms with Crippen molar-refractivity contribution in [2.75, 3.05) is 39.5 Å². The molecule has 5 heteroatoms. The summed E-state index contributed by atoms with van der Waals surface area (Å²) in [4.78, 5) is 4.60. The van der Waals surface area contributed by atoms with Crippen molar-refractivity contribution in [3.05, 3.63) is 0 Å². The lowest BCUT2D eigenvalue weighted by molar-refractivity contribution is 0.0171. The third kappa shape index (κ3) is 11.4. The number of nitrogens with one attached hydrogen (secondary N) is 2. The molecule has 0 amide bonds. The molecule has 0 aromatic heterocycles. The van der Waals surface area contributed by atoms with Crippen molar-refractivity contribution < 1.29 is 9.47 Å². The zero-order valence-electron chi connectivity index (χ0n) is 15.6. The van der Waals surface area contributed by atoms with Gasteiger partial charge in [0.05, 0.1) is 12.7 Å². The van der Waals surface area contributed by atoms with Gasteiger partial charge in [-0.2, -0.15) is 0 Å². The molecular weight excluding hydrogens is 290 g/mol. The summed E-state index contributed by atoms with van der Waals surface area (Å²) in [5, 5.41) is 6.70. The number of nitrogens with zero attached hydrogens (tertiary/aromatic N) is 1. The summed E-state index contributed by atoms with van der Waals surface area (Å²) in [7, 11) is 0. The highest BCUT2D eigenvalue weighted by Crippen LogP contribution is 2.19. The Bertz CT molecular complexity index is 321. The van der Waals surface area contributed by atoms with Crippen molar-refractivity contribution >= 4 is 5.96 Å². The van der Waals surface area contributed by atoms with E-state index >= 15 is 0 Å². The summed E-state index contributed by atoms with van der Waals surface area (Å²) in [6.45, 7) is 14.0. The van der Waals surface area contributed by atoms with Crippen LogP contribution in [0.2, 0.25) is 0 Å². The zero-order chi connectivity index (χ0) is 17.0. The van der Waals surface area contributed by atoms with Crippen LogP contribution in [0.3, 0.4) is 0 Å². The molecule has 0 radical (unpaired) electrons. The van der Waals surface area contributed by atoms with E-state index in [0.29, 0.717) is 11.5 Å². The van der Waals surface area contributed by atoms with Crippen molar-refractivity contribution in [1.29, 1.82) is 0 Å². The quantitative estimate of drug-likeness (QED) is 0.368. The highest BCUT2D eigenvalue weighted by molar-refractivity contribution is 5.79. The van der Waals surface area contributed by atoms with Gasteiger partial charge >= 0.3 is 0 Å². The molecule has 23 heavy (non-hydrogen) atoms. The molecule has 0 saturated carbocycles. The first-order valence-corrected chi connectivity index (χ1v) is 9.23. The molecule has 1 unspecified atom stereocenters. The summed E-state index contributed by atoms with van der Waals surface area (Å²) >= 11 is 0. The fourth-order valence-electron chi connectivity index (χ4n) is 2.52. The van der Waals surface area contributed by atoms with E-state index in [1.54, 1.807) is 0 Å². The zero-order valence-corrected chi connectivity index (χ0v) is 15.6. The Morgan fingerprint density at radius 1 is 1.26 bits per heavy atom. The molecule has 0 bridgehead atoms. The minimum Gasteiger partial charge on any atom is -0.379 e. The van der Waals surface area contributed by atoms with E-state index in [9.17, 15) is 0 Å². The lowest BCUT2D eigenvalue weighted by atomic mass is 9.91. The standard InChI is InChI=1S/C18H37N3O2/c1-5-19-17(20-11-7-10-18(2,3)4)21-12-8-13-22-15-16-9-6-14-23-16/h16H,5-15H2,1-4H3,(H2,19,20,21). The first-order chi connectivity index (χ1) is 11.0. The van der Waals surface area contributed by atoms with E-state index < -0.39 is 0 Å². The largest absolute Gasteiger partial charge is 0.379 e. The average Bonchev–Trinajstić information content (AvgIpc) is 2.99. The van der Waals surface area contributed by atoms with Crippen LogP contribution in [0.25, 0.3) is 0 Å². The van der Waals surface area contributed by atoms with Gasteiger partial charge in [-0.05, 0) is 44.4 Å². The molecule has 2 N–H and O–H groups in total. The van der Waals surface area contributed by atoms with Crippen molar-refractivity contribution in [1.82, 2.24) is 10.6 Å². The minimum absolute atomic E-state index is 0.320. The Balaban J connectivity index is 2.08. The molecule has 1 heterocycles. The molecule has 0 aromatic rings. The fourth-order valence-corrected chi connectivity index (χ4v) is 2.52. The van der Waals surface area contributed by atoms with Crippen LogP contribution < -0.4 is 10.6 Å². The van der Waals surface area contributed by atoms with Gasteiger partial charge < -0.3 is 20.1 Å². The molecule has 1 aliphatic rings. The maximum absolute atomic E-state index is 5.66. The van der Waals surface area contributed by atoms with Crippen molar-refractivity contribution in [2.45, 2.75) is 65.9 Å². The Labute approximate surface area is 142 Å². The number of rotatable bonds is 10. The SMILES string of the molecule is CCNC(=NCCCOCC1CCCO1)NCCCC(C)(C)C. The van der Waals surface area contributed by atoms with E-state index in [1.165, 1.54) is 19.3 Å². The van der Waals surface area contributed by atoms with Crippen LogP contribution in [-0.4, -0.2) is 51.5 Å². The van der Waals surface area contributed by atoms with Gasteiger partial charge in [0.1, 0.15) is 0 Å². The molecule has 1 fully saturated rings. The molecule has 0 aliphatic carbocycles. The molecule has 0 spiro atoms. The van der Waals surface area contributed by atoms with Gasteiger partial charge in [-0.3, -0.25) is 4.99 Å². The lowest BCUT2D eigenvalue weighted by Gasteiger charge is -2.18.